The molecule has 11 rings (SSSR count). The molecule has 0 amide bonds. The van der Waals surface area contributed by atoms with E-state index in [4.69, 9.17) is 0 Å². The second kappa shape index (κ2) is 45.0. The minimum atomic E-state index is -0.131. The number of piperidine rings is 2. The zero-order chi connectivity index (χ0) is 87.5. The molecule has 2 saturated heterocycles. The van der Waals surface area contributed by atoms with E-state index >= 15 is 0 Å². The largest absolute Gasteiger partial charge is 0.334 e. The molecule has 0 bridgehead atoms. The highest BCUT2D eigenvalue weighted by molar-refractivity contribution is 5.97. The standard InChI is InChI=1S/C16H29N3.C16H27N3.C16H24.C13H19F.C13H20.C12H18FN.C11H16.C9H13N/c1-13-17-11-14(18(13)6)12-19-9-7-16(5,8-10-19)15(2,3)4;1-13-6-7-14(18-17-13)12-19-10-8-16(5,9-11-19)15(2,3)4;1-16(2,3)15-11-9-14(10-12-15)13-7-5-4-6-8-13;1-5-6-10-7-8-11(12(14)9-10)13(2,3)4;1-5-6-11-7-9-12(10-8-11)13(2,3)4;1-12(2,3)10-7-9(8-14-4)5-6-11(10)13;1-9-5-7-10(8-6-9)11(2,3)4;1-9(2,3)8-4-6-10-7-5-8/h11H,7-10,12H2,1-6H3;6-7,17H,1,8-12H2,2-5H3;9-13H,4-8H2,1-3H3;7-9H,5-6H2,1-4H3;7-10H,5-6H2,1-4H3;5-7,14H,8H2,1-4H3;5-8H,1-4H3;4-7H,1-3H3. The van der Waals surface area contributed by atoms with E-state index in [0.717, 1.165) is 77.9 Å². The molecule has 1 aliphatic carbocycles. The van der Waals surface area contributed by atoms with Crippen LogP contribution in [0.4, 0.5) is 8.78 Å². The number of allylic oxidation sites excluding steroid dienone is 1. The third kappa shape index (κ3) is 34.5. The first-order chi connectivity index (χ1) is 53.6. The van der Waals surface area contributed by atoms with Crippen LogP contribution in [0.25, 0.3) is 0 Å². The molecule has 5 aromatic carbocycles. The van der Waals surface area contributed by atoms with Crippen LogP contribution in [0.3, 0.4) is 0 Å². The molecule has 116 heavy (non-hydrogen) atoms. The molecule has 0 atom stereocenters. The fourth-order valence-electron chi connectivity index (χ4n) is 14.7. The SMILES string of the molecule is C=C1C=CC(CN2CCC(C)(C(C)(C)C)CC2)=NN1.CC(C)(C)c1ccc(C2CCCCC2)cc1.CC(C)(C)c1ccncc1.CCCc1ccc(C(C)(C)C)c(F)c1.CCCc1ccc(C(C)(C)C)cc1.CNCc1ccc(F)c(C(C)(C)C)c1.Cc1ccc(C(C)(C)C)cc1.Cc1ncc(CN2CCC(C)(C(C)(C)C)CC2)n1C. The van der Waals surface area contributed by atoms with Gasteiger partial charge < -0.3 is 9.88 Å². The molecule has 0 unspecified atom stereocenters. The molecule has 1 saturated carbocycles. The average Bonchev–Trinajstić information content (AvgIpc) is 1.28. The first-order valence-electron chi connectivity index (χ1n) is 44.2. The molecule has 3 aliphatic heterocycles. The van der Waals surface area contributed by atoms with Gasteiger partial charge in [0.15, 0.2) is 0 Å². The molecule has 5 heterocycles. The lowest BCUT2D eigenvalue weighted by Crippen LogP contribution is -2.46. The van der Waals surface area contributed by atoms with Gasteiger partial charge in [0.2, 0.25) is 0 Å². The second-order valence-corrected chi connectivity index (χ2v) is 42.5. The number of hydrogen-bond acceptors (Lipinski definition) is 7. The average molecular weight is 1590 g/mol. The van der Waals surface area contributed by atoms with E-state index in [2.05, 4.69) is 311 Å². The number of aromatic nitrogens is 3. The van der Waals surface area contributed by atoms with Crippen LogP contribution in [0.15, 0.2) is 169 Å². The van der Waals surface area contributed by atoms with Crippen molar-refractivity contribution in [3.8, 4) is 0 Å². The van der Waals surface area contributed by atoms with Gasteiger partial charge in [-0.25, -0.2) is 13.8 Å². The Labute approximate surface area is 710 Å². The van der Waals surface area contributed by atoms with Gasteiger partial charge in [0.05, 0.1) is 11.4 Å². The smallest absolute Gasteiger partial charge is 0.127 e. The maximum atomic E-state index is 13.7. The Balaban J connectivity index is 0.000000281. The highest BCUT2D eigenvalue weighted by atomic mass is 19.1. The number of pyridine rings is 1. The Morgan fingerprint density at radius 1 is 0.483 bits per heavy atom. The zero-order valence-corrected chi connectivity index (χ0v) is 79.8. The first-order valence-corrected chi connectivity index (χ1v) is 44.2. The summed E-state index contributed by atoms with van der Waals surface area (Å²) in [7, 11) is 4.00. The van der Waals surface area contributed by atoms with E-state index in [9.17, 15) is 8.78 Å². The number of hydrogen-bond donors (Lipinski definition) is 2. The number of benzene rings is 5. The Morgan fingerprint density at radius 3 is 1.29 bits per heavy atom. The quantitative estimate of drug-likeness (QED) is 0.134. The molecule has 2 N–H and O–H groups in total. The summed E-state index contributed by atoms with van der Waals surface area (Å²) in [6.45, 7) is 78.0. The zero-order valence-electron chi connectivity index (χ0n) is 79.8. The Hall–Kier alpha value is -6.85. The second-order valence-electron chi connectivity index (χ2n) is 42.5. The van der Waals surface area contributed by atoms with Crippen LogP contribution in [0.5, 0.6) is 0 Å². The van der Waals surface area contributed by atoms with Crippen molar-refractivity contribution in [2.45, 2.75) is 343 Å². The van der Waals surface area contributed by atoms with Crippen LogP contribution < -0.4 is 10.7 Å². The van der Waals surface area contributed by atoms with Crippen LogP contribution in [-0.4, -0.2) is 69.8 Å². The summed E-state index contributed by atoms with van der Waals surface area (Å²) in [6.07, 6.45) is 26.4. The molecule has 10 heteroatoms. The third-order valence-electron chi connectivity index (χ3n) is 24.7. The molecule has 0 spiro atoms. The molecule has 7 aromatic rings. The number of nitrogens with one attached hydrogen (secondary N) is 2. The number of halogens is 2. The van der Waals surface area contributed by atoms with Crippen LogP contribution in [-0.2, 0) is 65.5 Å². The van der Waals surface area contributed by atoms with Crippen LogP contribution in [0, 0.1) is 47.1 Å². The highest BCUT2D eigenvalue weighted by Crippen LogP contribution is 2.48. The summed E-state index contributed by atoms with van der Waals surface area (Å²) in [6, 6.07) is 42.2. The van der Waals surface area contributed by atoms with Crippen molar-refractivity contribution in [3.63, 3.8) is 0 Å². The lowest BCUT2D eigenvalue weighted by molar-refractivity contribution is 0.0191. The summed E-state index contributed by atoms with van der Waals surface area (Å²) in [5.41, 5.74) is 22.6. The topological polar surface area (TPSA) is 73.6 Å². The van der Waals surface area contributed by atoms with E-state index in [-0.39, 0.29) is 44.1 Å². The molecule has 8 nitrogen and oxygen atoms in total. The number of nitrogens with zero attached hydrogens (tertiary/aromatic N) is 6. The van der Waals surface area contributed by atoms with E-state index in [1.807, 2.05) is 97.5 Å². The van der Waals surface area contributed by atoms with Gasteiger partial charge in [0.25, 0.3) is 0 Å². The minimum Gasteiger partial charge on any atom is -0.334 e. The lowest BCUT2D eigenvalue weighted by Gasteiger charge is -2.48. The summed E-state index contributed by atoms with van der Waals surface area (Å²) >= 11 is 0. The molecule has 3 fully saturated rings. The summed E-state index contributed by atoms with van der Waals surface area (Å²) < 4.78 is 29.4. The van der Waals surface area contributed by atoms with Crippen molar-refractivity contribution in [2.75, 3.05) is 39.8 Å². The summed E-state index contributed by atoms with van der Waals surface area (Å²) in [5, 5.41) is 7.39. The van der Waals surface area contributed by atoms with Crippen molar-refractivity contribution in [2.24, 2.45) is 33.8 Å². The van der Waals surface area contributed by atoms with Gasteiger partial charge in [0, 0.05) is 51.0 Å². The van der Waals surface area contributed by atoms with E-state index in [1.165, 1.54) is 136 Å². The maximum Gasteiger partial charge on any atom is 0.127 e. The molecular formula is C106H166F2N8. The fourth-order valence-corrected chi connectivity index (χ4v) is 14.7. The number of imidazole rings is 1. The number of hydrazone groups is 1. The summed E-state index contributed by atoms with van der Waals surface area (Å²) in [4.78, 5) is 13.4. The lowest BCUT2D eigenvalue weighted by atomic mass is 9.63. The normalized spacial score (nSPS) is 16.2. The van der Waals surface area contributed by atoms with Crippen LogP contribution >= 0.6 is 0 Å². The van der Waals surface area contributed by atoms with Crippen molar-refractivity contribution in [1.82, 2.24) is 35.1 Å². The van der Waals surface area contributed by atoms with Gasteiger partial charge in [-0.3, -0.25) is 20.2 Å². The monoisotopic (exact) mass is 1590 g/mol. The van der Waals surface area contributed by atoms with Crippen molar-refractivity contribution in [3.05, 3.63) is 249 Å². The molecule has 644 valence electrons. The highest BCUT2D eigenvalue weighted by Gasteiger charge is 2.41. The van der Waals surface area contributed by atoms with Gasteiger partial charge in [-0.05, 0) is 251 Å². The van der Waals surface area contributed by atoms with Crippen molar-refractivity contribution in [1.29, 1.82) is 0 Å². The third-order valence-corrected chi connectivity index (χ3v) is 24.7. The van der Waals surface area contributed by atoms with Crippen molar-refractivity contribution < 1.29 is 8.78 Å². The van der Waals surface area contributed by atoms with Gasteiger partial charge >= 0.3 is 0 Å². The Kier molecular flexibility index (Phi) is 39.4. The molecule has 4 aliphatic rings. The number of likely N-dealkylation sites (tertiary alicyclic amines) is 2. The van der Waals surface area contributed by atoms with Gasteiger partial charge in [-0.1, -0.05) is 335 Å². The maximum absolute atomic E-state index is 13.7. The predicted molar refractivity (Wildman–Crippen MR) is 502 cm³/mol. The molecule has 2 aromatic heterocycles. The van der Waals surface area contributed by atoms with E-state index in [0.29, 0.717) is 21.7 Å². The minimum absolute atomic E-state index is 0.0662. The van der Waals surface area contributed by atoms with Gasteiger partial charge in [-0.15, -0.1) is 0 Å². The summed E-state index contributed by atoms with van der Waals surface area (Å²) in [5.74, 6) is 1.76. The van der Waals surface area contributed by atoms with E-state index in [1.54, 1.807) is 17.7 Å². The number of aryl methyl sites for hydroxylation is 4. The van der Waals surface area contributed by atoms with Crippen LogP contribution in [0.1, 0.15) is 343 Å². The predicted octanol–water partition coefficient (Wildman–Crippen LogP) is 28.1. The molecular weight excluding hydrogens is 1420 g/mol. The van der Waals surface area contributed by atoms with Gasteiger partial charge in [0.1, 0.15) is 17.5 Å². The van der Waals surface area contributed by atoms with E-state index < -0.39 is 0 Å². The first kappa shape index (κ1) is 102. The van der Waals surface area contributed by atoms with Crippen LogP contribution in [0.2, 0.25) is 0 Å². The van der Waals surface area contributed by atoms with Crippen molar-refractivity contribution >= 4 is 5.71 Å². The Morgan fingerprint density at radius 2 is 0.905 bits per heavy atom. The Bertz CT molecular complexity index is 4040. The number of rotatable bonds is 11. The molecule has 0 radical (unpaired) electrons. The fraction of sp³-hybridized carbons (Fsp3) is 0.594. The van der Waals surface area contributed by atoms with Gasteiger partial charge in [-0.2, -0.15) is 5.10 Å².